The molecule has 2 heterocycles. The summed E-state index contributed by atoms with van der Waals surface area (Å²) in [5, 5.41) is 1.66. The molecule has 2 rings (SSSR count). The Labute approximate surface area is 85.5 Å². The van der Waals surface area contributed by atoms with E-state index in [9.17, 15) is 0 Å². The minimum absolute atomic E-state index is 0.350. The number of nitrogens with zero attached hydrogens (tertiary/aromatic N) is 2. The minimum atomic E-state index is 0.350. The summed E-state index contributed by atoms with van der Waals surface area (Å²) in [7, 11) is 0. The van der Waals surface area contributed by atoms with Crippen molar-refractivity contribution in [2.24, 2.45) is 0 Å². The van der Waals surface area contributed by atoms with Gasteiger partial charge in [0.1, 0.15) is 10.7 Å². The number of hydrogen-bond donors (Lipinski definition) is 0. The van der Waals surface area contributed by atoms with Crippen LogP contribution in [0.4, 0.5) is 0 Å². The van der Waals surface area contributed by atoms with Gasteiger partial charge in [0.2, 0.25) is 0 Å². The summed E-state index contributed by atoms with van der Waals surface area (Å²) < 4.78 is 0. The smallest absolute Gasteiger partial charge is 0.157 e. The van der Waals surface area contributed by atoms with Gasteiger partial charge in [-0.15, -0.1) is 0 Å². The van der Waals surface area contributed by atoms with Crippen LogP contribution in [-0.4, -0.2) is 9.97 Å². The molecule has 0 N–H and O–H groups in total. The van der Waals surface area contributed by atoms with E-state index in [1.165, 1.54) is 0 Å². The molecule has 0 radical (unpaired) electrons. The van der Waals surface area contributed by atoms with E-state index >= 15 is 0 Å². The van der Waals surface area contributed by atoms with Crippen molar-refractivity contribution in [3.8, 4) is 0 Å². The highest BCUT2D eigenvalue weighted by molar-refractivity contribution is 6.36. The Morgan fingerprint density at radius 3 is 2.77 bits per heavy atom. The zero-order valence-corrected chi connectivity index (χ0v) is 8.39. The first-order chi connectivity index (χ1) is 6.16. The third-order valence-corrected chi connectivity index (χ3v) is 2.19. The summed E-state index contributed by atoms with van der Waals surface area (Å²) in [5.74, 6) is 0. The predicted molar refractivity (Wildman–Crippen MR) is 54.3 cm³/mol. The second-order valence-corrected chi connectivity index (χ2v) is 3.57. The molecule has 0 amide bonds. The fraction of sp³-hybridized carbons (Fsp3) is 0.111. The van der Waals surface area contributed by atoms with Crippen LogP contribution in [0.25, 0.3) is 10.9 Å². The lowest BCUT2D eigenvalue weighted by molar-refractivity contribution is 1.28. The third kappa shape index (κ3) is 1.60. The summed E-state index contributed by atoms with van der Waals surface area (Å²) in [6.45, 7) is 1.97. The molecule has 2 aromatic heterocycles. The molecule has 2 aromatic rings. The second-order valence-electron chi connectivity index (χ2n) is 2.82. The van der Waals surface area contributed by atoms with Gasteiger partial charge in [0.05, 0.1) is 0 Å². The Kier molecular flexibility index (Phi) is 2.10. The number of aromatic nitrogens is 2. The molecule has 0 spiro atoms. The van der Waals surface area contributed by atoms with Crippen LogP contribution in [0.5, 0.6) is 0 Å². The average Bonchev–Trinajstić information content (AvgIpc) is 2.02. The molecule has 0 aromatic carbocycles. The molecule has 0 aliphatic heterocycles. The maximum atomic E-state index is 5.86. The first-order valence-corrected chi connectivity index (χ1v) is 4.51. The van der Waals surface area contributed by atoms with Gasteiger partial charge in [0, 0.05) is 11.6 Å². The number of pyridine rings is 2. The first-order valence-electron chi connectivity index (χ1n) is 3.75. The molecule has 0 bridgehead atoms. The fourth-order valence-corrected chi connectivity index (χ4v) is 1.68. The highest BCUT2D eigenvalue weighted by Crippen LogP contribution is 2.23. The number of hydrogen-bond acceptors (Lipinski definition) is 2. The summed E-state index contributed by atoms with van der Waals surface area (Å²) in [4.78, 5) is 8.07. The van der Waals surface area contributed by atoms with Gasteiger partial charge in [-0.1, -0.05) is 23.2 Å². The van der Waals surface area contributed by atoms with Crippen LogP contribution in [0, 0.1) is 6.92 Å². The van der Waals surface area contributed by atoms with Crippen LogP contribution in [0.1, 0.15) is 5.56 Å². The third-order valence-electron chi connectivity index (χ3n) is 1.73. The zero-order chi connectivity index (χ0) is 9.42. The summed E-state index contributed by atoms with van der Waals surface area (Å²) in [6.07, 6.45) is 1.75. The number of aryl methyl sites for hydroxylation is 1. The van der Waals surface area contributed by atoms with Crippen molar-refractivity contribution in [1.82, 2.24) is 9.97 Å². The summed E-state index contributed by atoms with van der Waals surface area (Å²) in [5.41, 5.74) is 1.77. The van der Waals surface area contributed by atoms with E-state index in [-0.39, 0.29) is 0 Å². The van der Waals surface area contributed by atoms with Crippen LogP contribution < -0.4 is 0 Å². The highest BCUT2D eigenvalue weighted by Gasteiger charge is 2.03. The Morgan fingerprint density at radius 2 is 2.00 bits per heavy atom. The monoisotopic (exact) mass is 212 g/mol. The van der Waals surface area contributed by atoms with E-state index in [1.807, 2.05) is 13.0 Å². The Hall–Kier alpha value is -0.860. The number of fused-ring (bicyclic) bond motifs is 1. The number of rotatable bonds is 0. The lowest BCUT2D eigenvalue weighted by Gasteiger charge is -2.00. The van der Waals surface area contributed by atoms with E-state index < -0.39 is 0 Å². The van der Waals surface area contributed by atoms with E-state index in [0.717, 1.165) is 10.9 Å². The molecule has 2 nitrogen and oxygen atoms in total. The van der Waals surface area contributed by atoms with E-state index in [1.54, 1.807) is 12.3 Å². The molecule has 0 unspecified atom stereocenters. The van der Waals surface area contributed by atoms with Crippen LogP contribution in [-0.2, 0) is 0 Å². The van der Waals surface area contributed by atoms with Crippen molar-refractivity contribution in [3.05, 3.63) is 34.2 Å². The normalized spacial score (nSPS) is 10.7. The van der Waals surface area contributed by atoms with Crippen molar-refractivity contribution < 1.29 is 0 Å². The molecular weight excluding hydrogens is 207 g/mol. The molecule has 0 atom stereocenters. The van der Waals surface area contributed by atoms with E-state index in [0.29, 0.717) is 15.8 Å². The van der Waals surface area contributed by atoms with Crippen LogP contribution in [0.3, 0.4) is 0 Å². The van der Waals surface area contributed by atoms with Gasteiger partial charge in [-0.3, -0.25) is 4.98 Å². The van der Waals surface area contributed by atoms with Crippen LogP contribution >= 0.6 is 23.2 Å². The average molecular weight is 213 g/mol. The molecule has 66 valence electrons. The Bertz CT molecular complexity index is 463. The molecular formula is C9H6Cl2N2. The van der Waals surface area contributed by atoms with Crippen LogP contribution in [0.2, 0.25) is 10.3 Å². The largest absolute Gasteiger partial charge is 0.253 e. The van der Waals surface area contributed by atoms with E-state index in [4.69, 9.17) is 23.2 Å². The molecule has 4 heteroatoms. The lowest BCUT2D eigenvalue weighted by atomic mass is 10.2. The van der Waals surface area contributed by atoms with Gasteiger partial charge in [0.15, 0.2) is 5.15 Å². The predicted octanol–water partition coefficient (Wildman–Crippen LogP) is 3.25. The SMILES string of the molecule is Cc1cnc2c(Cl)nc(Cl)cc2c1. The topological polar surface area (TPSA) is 25.8 Å². The quantitative estimate of drug-likeness (QED) is 0.627. The Balaban J connectivity index is 2.86. The number of halogens is 2. The molecule has 0 saturated heterocycles. The van der Waals surface area contributed by atoms with Gasteiger partial charge in [-0.25, -0.2) is 4.98 Å². The summed E-state index contributed by atoms with van der Waals surface area (Å²) >= 11 is 11.6. The van der Waals surface area contributed by atoms with Gasteiger partial charge < -0.3 is 0 Å². The fourth-order valence-electron chi connectivity index (χ4n) is 1.18. The highest BCUT2D eigenvalue weighted by atomic mass is 35.5. The molecule has 0 aliphatic carbocycles. The van der Waals surface area contributed by atoms with Gasteiger partial charge in [-0.2, -0.15) is 0 Å². The lowest BCUT2D eigenvalue weighted by Crippen LogP contribution is -1.85. The van der Waals surface area contributed by atoms with Crippen molar-refractivity contribution in [3.63, 3.8) is 0 Å². The van der Waals surface area contributed by atoms with Crippen molar-refractivity contribution >= 4 is 34.1 Å². The molecule has 0 fully saturated rings. The van der Waals surface area contributed by atoms with E-state index in [2.05, 4.69) is 9.97 Å². The van der Waals surface area contributed by atoms with Crippen molar-refractivity contribution in [1.29, 1.82) is 0 Å². The molecule has 0 saturated carbocycles. The minimum Gasteiger partial charge on any atom is -0.253 e. The van der Waals surface area contributed by atoms with Gasteiger partial charge >= 0.3 is 0 Å². The first kappa shape index (κ1) is 8.73. The maximum absolute atomic E-state index is 5.86. The second kappa shape index (κ2) is 3.13. The van der Waals surface area contributed by atoms with Crippen molar-refractivity contribution in [2.75, 3.05) is 0 Å². The maximum Gasteiger partial charge on any atom is 0.157 e. The standard InChI is InChI=1S/C9H6Cl2N2/c1-5-2-6-3-7(10)13-9(11)8(6)12-4-5/h2-4H,1H3. The van der Waals surface area contributed by atoms with Gasteiger partial charge in [0.25, 0.3) is 0 Å². The van der Waals surface area contributed by atoms with Crippen LogP contribution in [0.15, 0.2) is 18.3 Å². The van der Waals surface area contributed by atoms with Gasteiger partial charge in [-0.05, 0) is 24.6 Å². The zero-order valence-electron chi connectivity index (χ0n) is 6.88. The Morgan fingerprint density at radius 1 is 1.23 bits per heavy atom. The molecule has 13 heavy (non-hydrogen) atoms. The molecule has 0 aliphatic rings. The van der Waals surface area contributed by atoms with Crippen molar-refractivity contribution in [2.45, 2.75) is 6.92 Å². The summed E-state index contributed by atoms with van der Waals surface area (Å²) in [6, 6.07) is 3.73.